The Labute approximate surface area is 142 Å². The Bertz CT molecular complexity index is 849. The van der Waals surface area contributed by atoms with Gasteiger partial charge in [0.1, 0.15) is 17.2 Å². The summed E-state index contributed by atoms with van der Waals surface area (Å²) in [5.41, 5.74) is -0.491. The van der Waals surface area contributed by atoms with Gasteiger partial charge in [-0.25, -0.2) is 9.78 Å². The van der Waals surface area contributed by atoms with Crippen molar-refractivity contribution in [3.05, 3.63) is 27.1 Å². The lowest BCUT2D eigenvalue weighted by atomic mass is 10.1. The second-order valence-corrected chi connectivity index (χ2v) is 6.71. The first kappa shape index (κ1) is 16.6. The van der Waals surface area contributed by atoms with Gasteiger partial charge >= 0.3 is 5.97 Å². The van der Waals surface area contributed by atoms with E-state index < -0.39 is 11.5 Å². The zero-order valence-electron chi connectivity index (χ0n) is 13.4. The summed E-state index contributed by atoms with van der Waals surface area (Å²) in [5.74, 6) is -0.755. The summed E-state index contributed by atoms with van der Waals surface area (Å²) in [6, 6.07) is 0. The predicted molar refractivity (Wildman–Crippen MR) is 90.6 cm³/mol. The van der Waals surface area contributed by atoms with E-state index >= 15 is 0 Å². The summed E-state index contributed by atoms with van der Waals surface area (Å²) < 4.78 is 1.33. The molecular weight excluding hydrogens is 330 g/mol. The molecule has 128 valence electrons. The van der Waals surface area contributed by atoms with Crippen LogP contribution in [0.4, 0.5) is 0 Å². The lowest BCUT2D eigenvalue weighted by Crippen LogP contribution is -2.40. The highest BCUT2D eigenvalue weighted by atomic mass is 32.1. The monoisotopic (exact) mass is 349 g/mol. The maximum Gasteiger partial charge on any atom is 0.337 e. The summed E-state index contributed by atoms with van der Waals surface area (Å²) in [6.07, 6.45) is 3.57. The molecule has 3 rings (SSSR count). The van der Waals surface area contributed by atoms with E-state index in [4.69, 9.17) is 0 Å². The molecule has 0 atom stereocenters. The summed E-state index contributed by atoms with van der Waals surface area (Å²) >= 11 is 1.14. The fourth-order valence-electron chi connectivity index (χ4n) is 3.04. The van der Waals surface area contributed by atoms with Crippen LogP contribution in [0.1, 0.15) is 42.4 Å². The minimum Gasteiger partial charge on any atom is -0.478 e. The van der Waals surface area contributed by atoms with Gasteiger partial charge in [0.05, 0.1) is 10.9 Å². The summed E-state index contributed by atoms with van der Waals surface area (Å²) in [4.78, 5) is 43.2. The molecule has 0 saturated carbocycles. The van der Waals surface area contributed by atoms with E-state index in [1.54, 1.807) is 4.90 Å². The quantitative estimate of drug-likeness (QED) is 0.907. The normalized spacial score (nSPS) is 15.0. The van der Waals surface area contributed by atoms with Crippen LogP contribution in [-0.2, 0) is 17.8 Å². The van der Waals surface area contributed by atoms with E-state index in [1.807, 2.05) is 6.92 Å². The van der Waals surface area contributed by atoms with Crippen molar-refractivity contribution >= 4 is 33.4 Å². The number of carboxylic acids is 1. The van der Waals surface area contributed by atoms with Gasteiger partial charge in [-0.1, -0.05) is 6.92 Å². The second kappa shape index (κ2) is 6.72. The molecule has 2 aromatic rings. The lowest BCUT2D eigenvalue weighted by molar-refractivity contribution is -0.132. The van der Waals surface area contributed by atoms with Crippen LogP contribution in [0.25, 0.3) is 10.2 Å². The molecular formula is C16H19N3O4S. The Morgan fingerprint density at radius 1 is 1.29 bits per heavy atom. The summed E-state index contributed by atoms with van der Waals surface area (Å²) in [6.45, 7) is 3.20. The number of rotatable bonds is 4. The van der Waals surface area contributed by atoms with Gasteiger partial charge in [-0.05, 0) is 19.3 Å². The van der Waals surface area contributed by atoms with E-state index in [-0.39, 0.29) is 23.4 Å². The third-order valence-corrected chi connectivity index (χ3v) is 5.19. The fourth-order valence-corrected chi connectivity index (χ4v) is 3.96. The molecule has 0 unspecified atom stereocenters. The molecule has 0 radical (unpaired) electrons. The van der Waals surface area contributed by atoms with Crippen molar-refractivity contribution in [1.82, 2.24) is 14.5 Å². The zero-order valence-corrected chi connectivity index (χ0v) is 14.3. The SMILES string of the molecule is CCc1nc2scc(C(=O)O)c2c(=O)n1CC(=O)N1CCCCC1. The lowest BCUT2D eigenvalue weighted by Gasteiger charge is -2.27. The van der Waals surface area contributed by atoms with Crippen molar-refractivity contribution in [2.24, 2.45) is 0 Å². The van der Waals surface area contributed by atoms with Gasteiger partial charge in [-0.3, -0.25) is 14.2 Å². The Morgan fingerprint density at radius 2 is 2.00 bits per heavy atom. The van der Waals surface area contributed by atoms with E-state index in [1.165, 1.54) is 9.95 Å². The molecule has 0 aromatic carbocycles. The van der Waals surface area contributed by atoms with E-state index in [2.05, 4.69) is 4.98 Å². The summed E-state index contributed by atoms with van der Waals surface area (Å²) in [5, 5.41) is 10.8. The topological polar surface area (TPSA) is 92.5 Å². The zero-order chi connectivity index (χ0) is 17.3. The Hall–Kier alpha value is -2.22. The Kier molecular flexibility index (Phi) is 4.66. The number of carbonyl (C=O) groups is 2. The molecule has 8 heteroatoms. The van der Waals surface area contributed by atoms with Crippen molar-refractivity contribution in [3.8, 4) is 0 Å². The number of nitrogens with zero attached hydrogens (tertiary/aromatic N) is 3. The first-order chi connectivity index (χ1) is 11.5. The number of aryl methyl sites for hydroxylation is 1. The average Bonchev–Trinajstić information content (AvgIpc) is 3.02. The van der Waals surface area contributed by atoms with Crippen molar-refractivity contribution < 1.29 is 14.7 Å². The van der Waals surface area contributed by atoms with Crippen LogP contribution >= 0.6 is 11.3 Å². The molecule has 1 fully saturated rings. The molecule has 7 nitrogen and oxygen atoms in total. The average molecular weight is 349 g/mol. The van der Waals surface area contributed by atoms with Crippen LogP contribution in [0.5, 0.6) is 0 Å². The number of carboxylic acid groups (broad SMARTS) is 1. The number of hydrogen-bond donors (Lipinski definition) is 1. The number of fused-ring (bicyclic) bond motifs is 1. The highest BCUT2D eigenvalue weighted by molar-refractivity contribution is 7.17. The van der Waals surface area contributed by atoms with Gasteiger partial charge in [0.2, 0.25) is 5.91 Å². The van der Waals surface area contributed by atoms with Gasteiger partial charge in [0.15, 0.2) is 0 Å². The fraction of sp³-hybridized carbons (Fsp3) is 0.500. The minimum absolute atomic E-state index is 0.0469. The van der Waals surface area contributed by atoms with Gasteiger partial charge in [0.25, 0.3) is 5.56 Å². The molecule has 0 aliphatic carbocycles. The first-order valence-electron chi connectivity index (χ1n) is 8.05. The van der Waals surface area contributed by atoms with Crippen LogP contribution < -0.4 is 5.56 Å². The molecule has 0 bridgehead atoms. The molecule has 1 aliphatic rings. The molecule has 2 aromatic heterocycles. The Balaban J connectivity index is 2.03. The van der Waals surface area contributed by atoms with Crippen molar-refractivity contribution in [3.63, 3.8) is 0 Å². The second-order valence-electron chi connectivity index (χ2n) is 5.85. The smallest absolute Gasteiger partial charge is 0.337 e. The largest absolute Gasteiger partial charge is 0.478 e. The van der Waals surface area contributed by atoms with Crippen LogP contribution in [0.15, 0.2) is 10.2 Å². The minimum atomic E-state index is -1.15. The number of aromatic carboxylic acids is 1. The molecule has 1 amide bonds. The van der Waals surface area contributed by atoms with E-state index in [0.717, 1.165) is 30.6 Å². The molecule has 24 heavy (non-hydrogen) atoms. The number of aromatic nitrogens is 2. The van der Waals surface area contributed by atoms with Crippen molar-refractivity contribution in [2.45, 2.75) is 39.2 Å². The maximum absolute atomic E-state index is 12.8. The number of piperidine rings is 1. The number of thiophene rings is 1. The highest BCUT2D eigenvalue weighted by Gasteiger charge is 2.22. The van der Waals surface area contributed by atoms with Gasteiger partial charge in [-0.2, -0.15) is 0 Å². The number of hydrogen-bond acceptors (Lipinski definition) is 5. The van der Waals surface area contributed by atoms with Crippen LogP contribution in [0.3, 0.4) is 0 Å². The van der Waals surface area contributed by atoms with Crippen molar-refractivity contribution in [2.75, 3.05) is 13.1 Å². The van der Waals surface area contributed by atoms with Crippen molar-refractivity contribution in [1.29, 1.82) is 0 Å². The summed E-state index contributed by atoms with van der Waals surface area (Å²) in [7, 11) is 0. The highest BCUT2D eigenvalue weighted by Crippen LogP contribution is 2.22. The molecule has 0 spiro atoms. The number of likely N-dealkylation sites (tertiary alicyclic amines) is 1. The standard InChI is InChI=1S/C16H19N3O4S/c1-2-11-17-14-13(10(9-24-14)16(22)23)15(21)19(11)8-12(20)18-6-4-3-5-7-18/h9H,2-8H2,1H3,(H,22,23). The van der Waals surface area contributed by atoms with E-state index in [0.29, 0.717) is 30.2 Å². The number of carbonyl (C=O) groups excluding carboxylic acids is 1. The van der Waals surface area contributed by atoms with Gasteiger partial charge < -0.3 is 10.0 Å². The molecule has 1 saturated heterocycles. The van der Waals surface area contributed by atoms with E-state index in [9.17, 15) is 19.5 Å². The third kappa shape index (κ3) is 2.93. The van der Waals surface area contributed by atoms with Crippen LogP contribution in [-0.4, -0.2) is 44.5 Å². The maximum atomic E-state index is 12.8. The third-order valence-electron chi connectivity index (χ3n) is 4.32. The first-order valence-corrected chi connectivity index (χ1v) is 8.93. The van der Waals surface area contributed by atoms with Gasteiger partial charge in [0, 0.05) is 24.9 Å². The van der Waals surface area contributed by atoms with Gasteiger partial charge in [-0.15, -0.1) is 11.3 Å². The molecule has 3 heterocycles. The molecule has 1 aliphatic heterocycles. The number of amides is 1. The predicted octanol–water partition coefficient (Wildman–Crippen LogP) is 1.73. The van der Waals surface area contributed by atoms with Crippen LogP contribution in [0, 0.1) is 0 Å². The van der Waals surface area contributed by atoms with Crippen LogP contribution in [0.2, 0.25) is 0 Å². The Morgan fingerprint density at radius 3 is 2.62 bits per heavy atom. The molecule has 1 N–H and O–H groups in total.